The summed E-state index contributed by atoms with van der Waals surface area (Å²) in [6, 6.07) is 21.0. The number of aryl methyl sites for hydroxylation is 1. The lowest BCUT2D eigenvalue weighted by Gasteiger charge is -2.14. The van der Waals surface area contributed by atoms with Gasteiger partial charge in [-0.3, -0.25) is 14.2 Å². The number of thioether (sulfide) groups is 2. The minimum absolute atomic E-state index is 0.0929. The maximum atomic E-state index is 13.3. The number of carbonyl (C=O) groups excluding carboxylic acids is 1. The Hall–Kier alpha value is -3.23. The summed E-state index contributed by atoms with van der Waals surface area (Å²) in [7, 11) is 1.60. The summed E-state index contributed by atoms with van der Waals surface area (Å²) >= 11 is 2.80. The number of hydrogen-bond acceptors (Lipinski definition) is 6. The van der Waals surface area contributed by atoms with Crippen molar-refractivity contribution in [2.75, 3.05) is 23.9 Å². The van der Waals surface area contributed by atoms with E-state index in [0.29, 0.717) is 21.5 Å². The van der Waals surface area contributed by atoms with Crippen LogP contribution in [-0.2, 0) is 11.2 Å². The van der Waals surface area contributed by atoms with Gasteiger partial charge in [-0.2, -0.15) is 0 Å². The predicted octanol–water partition coefficient (Wildman–Crippen LogP) is 4.77. The molecule has 0 saturated heterocycles. The van der Waals surface area contributed by atoms with Gasteiger partial charge in [-0.25, -0.2) is 4.98 Å². The van der Waals surface area contributed by atoms with Gasteiger partial charge in [0.05, 0.1) is 29.1 Å². The van der Waals surface area contributed by atoms with Crippen LogP contribution in [0.1, 0.15) is 5.69 Å². The third-order valence-electron chi connectivity index (χ3n) is 5.39. The average Bonchev–Trinajstić information content (AvgIpc) is 3.32. The van der Waals surface area contributed by atoms with Crippen LogP contribution in [0, 0.1) is 0 Å². The van der Waals surface area contributed by atoms with Gasteiger partial charge in [0.2, 0.25) is 5.91 Å². The summed E-state index contributed by atoms with van der Waals surface area (Å²) < 4.78 is 6.83. The molecular weight excluding hydrogens is 454 g/mol. The van der Waals surface area contributed by atoms with Crippen molar-refractivity contribution in [3.63, 3.8) is 0 Å². The normalized spacial score (nSPS) is 12.5. The van der Waals surface area contributed by atoms with Gasteiger partial charge in [0.1, 0.15) is 5.75 Å². The summed E-state index contributed by atoms with van der Waals surface area (Å²) in [6.07, 6.45) is 0.758. The van der Waals surface area contributed by atoms with Crippen molar-refractivity contribution in [3.05, 3.63) is 82.8 Å². The Labute approximate surface area is 199 Å². The van der Waals surface area contributed by atoms with Crippen molar-refractivity contribution in [1.82, 2.24) is 9.55 Å². The van der Waals surface area contributed by atoms with Crippen molar-refractivity contribution in [3.8, 4) is 11.4 Å². The number of carbonyl (C=O) groups is 1. The van der Waals surface area contributed by atoms with Crippen LogP contribution in [0.5, 0.6) is 5.75 Å². The Morgan fingerprint density at radius 2 is 1.91 bits per heavy atom. The molecule has 1 amide bonds. The van der Waals surface area contributed by atoms with Crippen LogP contribution in [0.2, 0.25) is 0 Å². The smallest absolute Gasteiger partial charge is 0.272 e. The molecule has 0 radical (unpaired) electrons. The molecule has 5 rings (SSSR count). The van der Waals surface area contributed by atoms with E-state index in [2.05, 4.69) is 5.32 Å². The van der Waals surface area contributed by atoms with E-state index in [-0.39, 0.29) is 17.2 Å². The lowest BCUT2D eigenvalue weighted by Crippen LogP contribution is -2.24. The molecule has 2 heterocycles. The first-order chi connectivity index (χ1) is 16.1. The molecular formula is C25H21N3O3S2. The Bertz CT molecular complexity index is 1400. The Kier molecular flexibility index (Phi) is 6.11. The van der Waals surface area contributed by atoms with E-state index in [0.717, 1.165) is 34.3 Å². The first-order valence-electron chi connectivity index (χ1n) is 10.5. The Balaban J connectivity index is 1.42. The molecule has 3 aromatic carbocycles. The number of fused-ring (bicyclic) bond motifs is 2. The van der Waals surface area contributed by atoms with Crippen LogP contribution in [0.15, 0.2) is 81.6 Å². The molecule has 4 aromatic rings. The first kappa shape index (κ1) is 21.6. The van der Waals surface area contributed by atoms with Gasteiger partial charge in [0.25, 0.3) is 5.56 Å². The van der Waals surface area contributed by atoms with E-state index in [1.54, 1.807) is 11.7 Å². The number of nitrogens with zero attached hydrogens (tertiary/aromatic N) is 2. The van der Waals surface area contributed by atoms with Gasteiger partial charge in [0, 0.05) is 23.2 Å². The minimum Gasteiger partial charge on any atom is -0.497 e. The molecule has 33 heavy (non-hydrogen) atoms. The number of amides is 1. The molecule has 0 fully saturated rings. The van der Waals surface area contributed by atoms with Gasteiger partial charge < -0.3 is 10.1 Å². The predicted molar refractivity (Wildman–Crippen MR) is 134 cm³/mol. The van der Waals surface area contributed by atoms with E-state index in [4.69, 9.17) is 9.72 Å². The fourth-order valence-corrected chi connectivity index (χ4v) is 5.65. The topological polar surface area (TPSA) is 73.2 Å². The molecule has 1 aromatic heterocycles. The van der Waals surface area contributed by atoms with E-state index < -0.39 is 0 Å². The van der Waals surface area contributed by atoms with E-state index in [1.807, 2.05) is 66.7 Å². The summed E-state index contributed by atoms with van der Waals surface area (Å²) in [6.45, 7) is 0. The number of anilines is 1. The number of rotatable bonds is 6. The fraction of sp³-hybridized carbons (Fsp3) is 0.160. The van der Waals surface area contributed by atoms with Gasteiger partial charge in [-0.15, -0.1) is 11.8 Å². The number of methoxy groups -OCH3 is 1. The minimum atomic E-state index is -0.151. The van der Waals surface area contributed by atoms with E-state index in [9.17, 15) is 9.59 Å². The lowest BCUT2D eigenvalue weighted by atomic mass is 10.1. The molecule has 0 saturated carbocycles. The molecule has 8 heteroatoms. The summed E-state index contributed by atoms with van der Waals surface area (Å²) in [4.78, 5) is 31.5. The van der Waals surface area contributed by atoms with E-state index in [1.165, 1.54) is 23.5 Å². The zero-order valence-corrected chi connectivity index (χ0v) is 19.5. The molecule has 0 bridgehead atoms. The molecule has 166 valence electrons. The molecule has 1 aliphatic rings. The summed E-state index contributed by atoms with van der Waals surface area (Å²) in [5, 5.41) is 5.57. The molecule has 1 aliphatic heterocycles. The Morgan fingerprint density at radius 1 is 1.12 bits per heavy atom. The number of nitrogens with one attached hydrogen (secondary N) is 1. The highest BCUT2D eigenvalue weighted by Gasteiger charge is 2.23. The van der Waals surface area contributed by atoms with Gasteiger partial charge in [-0.05, 0) is 35.7 Å². The third-order valence-corrected chi connectivity index (χ3v) is 7.44. The lowest BCUT2D eigenvalue weighted by molar-refractivity contribution is -0.113. The van der Waals surface area contributed by atoms with E-state index >= 15 is 0 Å². The van der Waals surface area contributed by atoms with Crippen LogP contribution in [-0.4, -0.2) is 34.1 Å². The maximum Gasteiger partial charge on any atom is 0.272 e. The molecule has 0 spiro atoms. The highest BCUT2D eigenvalue weighted by Crippen LogP contribution is 2.30. The summed E-state index contributed by atoms with van der Waals surface area (Å²) in [5.41, 5.74) is 2.18. The second-order valence-electron chi connectivity index (χ2n) is 7.47. The molecule has 0 aliphatic carbocycles. The highest BCUT2D eigenvalue weighted by molar-refractivity contribution is 8.00. The van der Waals surface area contributed by atoms with Crippen molar-refractivity contribution in [2.45, 2.75) is 16.5 Å². The number of benzene rings is 3. The molecule has 0 atom stereocenters. The number of aromatic nitrogens is 2. The average molecular weight is 476 g/mol. The second-order valence-corrected chi connectivity index (χ2v) is 9.52. The third kappa shape index (κ3) is 4.36. The summed E-state index contributed by atoms with van der Waals surface area (Å²) in [5.74, 6) is 1.54. The van der Waals surface area contributed by atoms with Gasteiger partial charge in [-0.1, -0.05) is 48.2 Å². The van der Waals surface area contributed by atoms with Crippen molar-refractivity contribution >= 4 is 45.9 Å². The van der Waals surface area contributed by atoms with Crippen molar-refractivity contribution < 1.29 is 9.53 Å². The second kappa shape index (κ2) is 9.33. The van der Waals surface area contributed by atoms with Crippen molar-refractivity contribution in [2.24, 2.45) is 0 Å². The largest absolute Gasteiger partial charge is 0.497 e. The Morgan fingerprint density at radius 3 is 2.73 bits per heavy atom. The van der Waals surface area contributed by atoms with Crippen molar-refractivity contribution in [1.29, 1.82) is 0 Å². The van der Waals surface area contributed by atoms with Crippen LogP contribution in [0.4, 0.5) is 5.69 Å². The van der Waals surface area contributed by atoms with Gasteiger partial charge in [0.15, 0.2) is 5.16 Å². The monoisotopic (exact) mass is 475 g/mol. The molecule has 0 unspecified atom stereocenters. The van der Waals surface area contributed by atoms with Crippen LogP contribution in [0.25, 0.3) is 16.5 Å². The van der Waals surface area contributed by atoms with Crippen LogP contribution < -0.4 is 15.6 Å². The quantitative estimate of drug-likeness (QED) is 0.320. The van der Waals surface area contributed by atoms with Crippen LogP contribution in [0.3, 0.4) is 0 Å². The maximum absolute atomic E-state index is 13.3. The standard InChI is InChI=1S/C25H21N3O3S2/c1-31-18-11-9-17(10-12-18)28-24(30)23-21(13-14-32-23)27-25(28)33-15-22(29)26-20-8-4-6-16-5-2-3-7-19(16)20/h2-12H,13-15H2,1H3,(H,26,29). The van der Waals surface area contributed by atoms with Gasteiger partial charge >= 0.3 is 0 Å². The van der Waals surface area contributed by atoms with Crippen LogP contribution >= 0.6 is 23.5 Å². The number of ether oxygens (including phenoxy) is 1. The number of hydrogen-bond donors (Lipinski definition) is 1. The molecule has 1 N–H and O–H groups in total. The first-order valence-corrected chi connectivity index (χ1v) is 12.4. The molecule has 6 nitrogen and oxygen atoms in total. The highest BCUT2D eigenvalue weighted by atomic mass is 32.2. The SMILES string of the molecule is COc1ccc(-n2c(SCC(=O)Nc3cccc4ccccc34)nc3c(c2=O)SCC3)cc1. The zero-order chi connectivity index (χ0) is 22.8. The fourth-order valence-electron chi connectivity index (χ4n) is 3.80. The zero-order valence-electron chi connectivity index (χ0n) is 17.9.